The van der Waals surface area contributed by atoms with Crippen molar-refractivity contribution in [1.29, 1.82) is 0 Å². The van der Waals surface area contributed by atoms with Crippen LogP contribution in [0.15, 0.2) is 0 Å². The molecule has 0 saturated carbocycles. The molecule has 0 bridgehead atoms. The first-order valence-corrected chi connectivity index (χ1v) is 3.05. The molecule has 0 aromatic carbocycles. The van der Waals surface area contributed by atoms with Gasteiger partial charge in [-0.05, 0) is 13.6 Å². The van der Waals surface area contributed by atoms with Gasteiger partial charge in [0, 0.05) is 5.42 Å². The fourth-order valence-corrected chi connectivity index (χ4v) is 0.194. The SMILES string of the molecule is C/P=C(\C)NN. The highest BCUT2D eigenvalue weighted by Gasteiger charge is 1.71. The second-order valence-electron chi connectivity index (χ2n) is 0.953. The third-order valence-electron chi connectivity index (χ3n) is 0.544. The van der Waals surface area contributed by atoms with Gasteiger partial charge in [0.2, 0.25) is 0 Å². The van der Waals surface area contributed by atoms with Gasteiger partial charge in [-0.3, -0.25) is 5.84 Å². The lowest BCUT2D eigenvalue weighted by Gasteiger charge is -1.88. The maximum absolute atomic E-state index is 4.99. The van der Waals surface area contributed by atoms with Crippen LogP contribution in [-0.4, -0.2) is 12.1 Å². The van der Waals surface area contributed by atoms with Crippen LogP contribution >= 0.6 is 8.20 Å². The van der Waals surface area contributed by atoms with Gasteiger partial charge in [0.25, 0.3) is 0 Å². The van der Waals surface area contributed by atoms with Crippen LogP contribution in [-0.2, 0) is 0 Å². The Kier molecular flexibility index (Phi) is 3.34. The number of nitrogens with two attached hydrogens (primary N) is 1. The van der Waals surface area contributed by atoms with Crippen LogP contribution in [0.1, 0.15) is 6.92 Å². The first-order chi connectivity index (χ1) is 2.81. The molecule has 3 heteroatoms. The van der Waals surface area contributed by atoms with Crippen LogP contribution < -0.4 is 11.3 Å². The summed E-state index contributed by atoms with van der Waals surface area (Å²) in [5, 5.41) is 0. The Labute approximate surface area is 39.5 Å². The molecule has 0 aliphatic rings. The molecule has 3 N–H and O–H groups in total. The minimum absolute atomic E-state index is 1.09. The summed E-state index contributed by atoms with van der Waals surface area (Å²) in [7, 11) is 1.21. The number of rotatable bonds is 1. The molecule has 6 heavy (non-hydrogen) atoms. The highest BCUT2D eigenvalue weighted by Crippen LogP contribution is 1.83. The van der Waals surface area contributed by atoms with Crippen LogP contribution in [0.3, 0.4) is 0 Å². The molecule has 0 radical (unpaired) electrons. The van der Waals surface area contributed by atoms with Gasteiger partial charge in [-0.15, -0.1) is 0 Å². The number of nitrogens with one attached hydrogen (secondary N) is 1. The Morgan fingerprint density at radius 1 is 1.83 bits per heavy atom. The summed E-state index contributed by atoms with van der Waals surface area (Å²) in [4.78, 5) is 0. The Hall–Kier alpha value is 0.0900. The summed E-state index contributed by atoms with van der Waals surface area (Å²) < 4.78 is 0. The van der Waals surface area contributed by atoms with Crippen molar-refractivity contribution in [3.8, 4) is 0 Å². The Bertz CT molecular complexity index is 59.8. The molecule has 2 nitrogen and oxygen atoms in total. The van der Waals surface area contributed by atoms with Crippen LogP contribution in [0.4, 0.5) is 0 Å². The fourth-order valence-electron chi connectivity index (χ4n) is 0.0645. The Morgan fingerprint density at radius 2 is 2.33 bits per heavy atom. The quantitative estimate of drug-likeness (QED) is 0.283. The molecule has 0 aromatic heterocycles. The summed E-state index contributed by atoms with van der Waals surface area (Å²) in [5.74, 6) is 4.99. The zero-order valence-corrected chi connectivity index (χ0v) is 4.92. The van der Waals surface area contributed by atoms with E-state index in [2.05, 4.69) is 5.43 Å². The van der Waals surface area contributed by atoms with Gasteiger partial charge in [-0.2, -0.15) is 0 Å². The standard InChI is InChI=1S/C3H9N2P/c1-3(5-4)6-2/h5H,4H2,1-2H3. The molecule has 0 amide bonds. The lowest BCUT2D eigenvalue weighted by atomic mass is 10.8. The average molecular weight is 104 g/mol. The first-order valence-electron chi connectivity index (χ1n) is 1.71. The van der Waals surface area contributed by atoms with E-state index in [1.54, 1.807) is 0 Å². The lowest BCUT2D eigenvalue weighted by Crippen LogP contribution is -2.25. The summed E-state index contributed by atoms with van der Waals surface area (Å²) in [6, 6.07) is 0. The molecule has 0 aliphatic carbocycles. The third-order valence-corrected chi connectivity index (χ3v) is 1.34. The second kappa shape index (κ2) is 3.29. The fraction of sp³-hybridized carbons (Fsp3) is 0.667. The molecule has 0 unspecified atom stereocenters. The average Bonchev–Trinajstić information content (AvgIpc) is 1.65. The molecule has 0 heterocycles. The number of hydrogen-bond donors (Lipinski definition) is 2. The Morgan fingerprint density at radius 3 is 2.33 bits per heavy atom. The molecule has 0 saturated heterocycles. The zero-order valence-electron chi connectivity index (χ0n) is 4.02. The van der Waals surface area contributed by atoms with E-state index in [4.69, 9.17) is 5.84 Å². The second-order valence-corrected chi connectivity index (χ2v) is 2.07. The molecule has 0 aliphatic heterocycles. The molecule has 0 fully saturated rings. The van der Waals surface area contributed by atoms with Gasteiger partial charge in [-0.1, -0.05) is 8.20 Å². The van der Waals surface area contributed by atoms with Crippen molar-refractivity contribution in [2.75, 3.05) is 6.66 Å². The summed E-state index contributed by atoms with van der Waals surface area (Å²) in [5.41, 5.74) is 3.61. The van der Waals surface area contributed by atoms with Gasteiger partial charge in [0.05, 0.1) is 0 Å². The molecular formula is C3H9N2P. The van der Waals surface area contributed by atoms with Gasteiger partial charge < -0.3 is 0 Å². The smallest absolute Gasteiger partial charge is 0.0253 e. The minimum atomic E-state index is 1.09. The zero-order chi connectivity index (χ0) is 4.99. The molecule has 0 aromatic rings. The van der Waals surface area contributed by atoms with E-state index >= 15 is 0 Å². The van der Waals surface area contributed by atoms with Crippen molar-refractivity contribution < 1.29 is 0 Å². The first kappa shape index (κ1) is 6.09. The third kappa shape index (κ3) is 2.33. The van der Waals surface area contributed by atoms with Crippen molar-refractivity contribution in [2.45, 2.75) is 6.92 Å². The molecular weight excluding hydrogens is 95.0 g/mol. The van der Waals surface area contributed by atoms with E-state index in [-0.39, 0.29) is 0 Å². The summed E-state index contributed by atoms with van der Waals surface area (Å²) in [6.45, 7) is 3.97. The van der Waals surface area contributed by atoms with Gasteiger partial charge in [-0.25, -0.2) is 5.43 Å². The maximum atomic E-state index is 4.99. The van der Waals surface area contributed by atoms with Crippen molar-refractivity contribution >= 4 is 13.6 Å². The maximum Gasteiger partial charge on any atom is 0.0253 e. The van der Waals surface area contributed by atoms with Crippen LogP contribution in [0, 0.1) is 0 Å². The predicted molar refractivity (Wildman–Crippen MR) is 30.8 cm³/mol. The van der Waals surface area contributed by atoms with Gasteiger partial charge in [0.1, 0.15) is 0 Å². The largest absolute Gasteiger partial charge is 0.267 e. The van der Waals surface area contributed by atoms with Crippen LogP contribution in [0.5, 0.6) is 0 Å². The van der Waals surface area contributed by atoms with Gasteiger partial charge >= 0.3 is 0 Å². The topological polar surface area (TPSA) is 38.0 Å². The highest BCUT2D eigenvalue weighted by molar-refractivity contribution is 7.39. The minimum Gasteiger partial charge on any atom is -0.267 e. The Balaban J connectivity index is 3.22. The summed E-state index contributed by atoms with van der Waals surface area (Å²) in [6.07, 6.45) is 0. The van der Waals surface area contributed by atoms with Crippen molar-refractivity contribution in [3.05, 3.63) is 0 Å². The highest BCUT2D eigenvalue weighted by atomic mass is 31.1. The molecule has 0 atom stereocenters. The number of hydrazine groups is 1. The summed E-state index contributed by atoms with van der Waals surface area (Å²) >= 11 is 0. The van der Waals surface area contributed by atoms with Crippen molar-refractivity contribution in [3.63, 3.8) is 0 Å². The van der Waals surface area contributed by atoms with Crippen molar-refractivity contribution in [1.82, 2.24) is 5.43 Å². The normalized spacial score (nSPS) is 12.2. The van der Waals surface area contributed by atoms with E-state index < -0.39 is 0 Å². The van der Waals surface area contributed by atoms with Gasteiger partial charge in [0.15, 0.2) is 0 Å². The van der Waals surface area contributed by atoms with E-state index in [0.717, 1.165) is 5.42 Å². The van der Waals surface area contributed by atoms with Crippen LogP contribution in [0.25, 0.3) is 0 Å². The molecule has 0 rings (SSSR count). The van der Waals surface area contributed by atoms with E-state index in [1.165, 1.54) is 8.20 Å². The van der Waals surface area contributed by atoms with Crippen molar-refractivity contribution in [2.24, 2.45) is 5.84 Å². The van der Waals surface area contributed by atoms with E-state index in [9.17, 15) is 0 Å². The number of hydrogen-bond acceptors (Lipinski definition) is 1. The molecule has 0 spiro atoms. The predicted octanol–water partition coefficient (Wildman–Crippen LogP) is 0.176. The van der Waals surface area contributed by atoms with E-state index in [1.807, 2.05) is 13.6 Å². The van der Waals surface area contributed by atoms with E-state index in [0.29, 0.717) is 0 Å². The van der Waals surface area contributed by atoms with Crippen LogP contribution in [0.2, 0.25) is 0 Å². The molecule has 36 valence electrons. The monoisotopic (exact) mass is 104 g/mol. The lowest BCUT2D eigenvalue weighted by molar-refractivity contribution is 1.04.